The fraction of sp³-hybridized carbons (Fsp3) is 0.667. The number of fused-ring (bicyclic) bond motifs is 1. The lowest BCUT2D eigenvalue weighted by Crippen LogP contribution is -2.28. The van der Waals surface area contributed by atoms with Crippen molar-refractivity contribution in [3.63, 3.8) is 0 Å². The number of hydrogen-bond donors (Lipinski definition) is 2. The lowest BCUT2D eigenvalue weighted by atomic mass is 9.89. The zero-order valence-electron chi connectivity index (χ0n) is 12.9. The van der Waals surface area contributed by atoms with Gasteiger partial charge in [-0.05, 0) is 25.7 Å². The molecule has 2 aromatic rings. The van der Waals surface area contributed by atoms with Crippen LogP contribution in [-0.4, -0.2) is 40.1 Å². The third-order valence-electron chi connectivity index (χ3n) is 4.22. The SMILES string of the molecule is CCNc1nc(N(C)CC2CCCCC2)c2[nH]cnc2n1. The Morgan fingerprint density at radius 3 is 2.86 bits per heavy atom. The Kier molecular flexibility index (Phi) is 4.22. The number of nitrogens with zero attached hydrogens (tertiary/aromatic N) is 4. The van der Waals surface area contributed by atoms with Gasteiger partial charge in [-0.25, -0.2) is 4.98 Å². The molecule has 1 fully saturated rings. The van der Waals surface area contributed by atoms with Crippen LogP contribution in [0.4, 0.5) is 11.8 Å². The van der Waals surface area contributed by atoms with Crippen LogP contribution in [0.3, 0.4) is 0 Å². The molecule has 6 nitrogen and oxygen atoms in total. The van der Waals surface area contributed by atoms with E-state index in [0.717, 1.165) is 36.0 Å². The van der Waals surface area contributed by atoms with E-state index in [-0.39, 0.29) is 0 Å². The molecule has 21 heavy (non-hydrogen) atoms. The van der Waals surface area contributed by atoms with Gasteiger partial charge in [-0.2, -0.15) is 9.97 Å². The summed E-state index contributed by atoms with van der Waals surface area (Å²) in [5.41, 5.74) is 1.65. The monoisotopic (exact) mass is 288 g/mol. The number of imidazole rings is 1. The number of H-pyrrole nitrogens is 1. The van der Waals surface area contributed by atoms with Crippen LogP contribution < -0.4 is 10.2 Å². The van der Waals surface area contributed by atoms with Crippen molar-refractivity contribution in [1.29, 1.82) is 0 Å². The molecule has 0 saturated heterocycles. The minimum Gasteiger partial charge on any atom is -0.357 e. The van der Waals surface area contributed by atoms with E-state index < -0.39 is 0 Å². The summed E-state index contributed by atoms with van der Waals surface area (Å²) < 4.78 is 0. The molecule has 0 spiro atoms. The molecule has 1 aliphatic carbocycles. The smallest absolute Gasteiger partial charge is 0.226 e. The fourth-order valence-corrected chi connectivity index (χ4v) is 3.17. The van der Waals surface area contributed by atoms with E-state index in [0.29, 0.717) is 5.95 Å². The zero-order chi connectivity index (χ0) is 14.7. The molecule has 1 saturated carbocycles. The topological polar surface area (TPSA) is 69.7 Å². The van der Waals surface area contributed by atoms with Crippen LogP contribution in [-0.2, 0) is 0 Å². The van der Waals surface area contributed by atoms with Crippen LogP contribution in [0, 0.1) is 5.92 Å². The molecule has 2 aromatic heterocycles. The Hall–Kier alpha value is -1.85. The van der Waals surface area contributed by atoms with Crippen molar-refractivity contribution < 1.29 is 0 Å². The summed E-state index contributed by atoms with van der Waals surface area (Å²) in [6.07, 6.45) is 8.48. The van der Waals surface area contributed by atoms with Gasteiger partial charge in [-0.3, -0.25) is 0 Å². The molecular weight excluding hydrogens is 264 g/mol. The first kappa shape index (κ1) is 14.1. The maximum Gasteiger partial charge on any atom is 0.226 e. The largest absolute Gasteiger partial charge is 0.357 e. The molecule has 6 heteroatoms. The molecule has 0 aliphatic heterocycles. The standard InChI is InChI=1S/C15H24N6/c1-3-16-15-19-13-12(17-10-18-13)14(20-15)21(2)9-11-7-5-4-6-8-11/h10-11H,3-9H2,1-2H3,(H2,16,17,18,19,20). The third kappa shape index (κ3) is 3.09. The third-order valence-corrected chi connectivity index (χ3v) is 4.22. The van der Waals surface area contributed by atoms with Crippen molar-refractivity contribution in [3.8, 4) is 0 Å². The van der Waals surface area contributed by atoms with E-state index in [1.54, 1.807) is 6.33 Å². The second kappa shape index (κ2) is 6.28. The molecule has 0 amide bonds. The highest BCUT2D eigenvalue weighted by Gasteiger charge is 2.19. The molecule has 0 aromatic carbocycles. The van der Waals surface area contributed by atoms with Crippen LogP contribution in [0.15, 0.2) is 6.33 Å². The van der Waals surface area contributed by atoms with E-state index in [4.69, 9.17) is 0 Å². The molecule has 0 bridgehead atoms. The molecule has 2 heterocycles. The maximum absolute atomic E-state index is 4.66. The summed E-state index contributed by atoms with van der Waals surface area (Å²) in [4.78, 5) is 18.8. The minimum absolute atomic E-state index is 0.655. The van der Waals surface area contributed by atoms with Crippen molar-refractivity contribution >= 4 is 22.9 Å². The van der Waals surface area contributed by atoms with Crippen LogP contribution in [0.1, 0.15) is 39.0 Å². The van der Waals surface area contributed by atoms with Gasteiger partial charge < -0.3 is 15.2 Å². The summed E-state index contributed by atoms with van der Waals surface area (Å²) in [6, 6.07) is 0. The van der Waals surface area contributed by atoms with Gasteiger partial charge >= 0.3 is 0 Å². The number of rotatable bonds is 5. The molecule has 2 N–H and O–H groups in total. The molecule has 3 rings (SSSR count). The minimum atomic E-state index is 0.655. The fourth-order valence-electron chi connectivity index (χ4n) is 3.17. The first-order valence-corrected chi connectivity index (χ1v) is 7.94. The molecule has 0 radical (unpaired) electrons. The van der Waals surface area contributed by atoms with Gasteiger partial charge in [0.05, 0.1) is 6.33 Å². The van der Waals surface area contributed by atoms with E-state index >= 15 is 0 Å². The van der Waals surface area contributed by atoms with E-state index in [9.17, 15) is 0 Å². The van der Waals surface area contributed by atoms with Crippen LogP contribution in [0.25, 0.3) is 11.2 Å². The van der Waals surface area contributed by atoms with Crippen LogP contribution in [0.2, 0.25) is 0 Å². The summed E-state index contributed by atoms with van der Waals surface area (Å²) in [5, 5.41) is 3.19. The normalized spacial score (nSPS) is 16.3. The van der Waals surface area contributed by atoms with Gasteiger partial charge in [-0.1, -0.05) is 19.3 Å². The molecule has 1 aliphatic rings. The van der Waals surface area contributed by atoms with Crippen molar-refractivity contribution in [2.75, 3.05) is 30.4 Å². The Bertz CT molecular complexity index is 587. The van der Waals surface area contributed by atoms with Gasteiger partial charge in [0.15, 0.2) is 11.5 Å². The highest BCUT2D eigenvalue weighted by Crippen LogP contribution is 2.27. The summed E-state index contributed by atoms with van der Waals surface area (Å²) in [7, 11) is 2.12. The van der Waals surface area contributed by atoms with Crippen molar-refractivity contribution in [2.45, 2.75) is 39.0 Å². The van der Waals surface area contributed by atoms with Gasteiger partial charge in [0.1, 0.15) is 5.52 Å². The first-order chi connectivity index (χ1) is 10.3. The van der Waals surface area contributed by atoms with Gasteiger partial charge in [0, 0.05) is 20.1 Å². The van der Waals surface area contributed by atoms with Gasteiger partial charge in [0.25, 0.3) is 0 Å². The van der Waals surface area contributed by atoms with E-state index in [1.807, 2.05) is 6.92 Å². The molecule has 0 unspecified atom stereocenters. The van der Waals surface area contributed by atoms with Crippen LogP contribution >= 0.6 is 0 Å². The maximum atomic E-state index is 4.66. The van der Waals surface area contributed by atoms with Gasteiger partial charge in [0.2, 0.25) is 5.95 Å². The average Bonchev–Trinajstić information content (AvgIpc) is 2.96. The Morgan fingerprint density at radius 2 is 2.10 bits per heavy atom. The quantitative estimate of drug-likeness (QED) is 0.885. The average molecular weight is 288 g/mol. The highest BCUT2D eigenvalue weighted by atomic mass is 15.2. The number of nitrogens with one attached hydrogen (secondary N) is 2. The Balaban J connectivity index is 1.84. The molecular formula is C15H24N6. The van der Waals surface area contributed by atoms with Crippen molar-refractivity contribution in [2.24, 2.45) is 5.92 Å². The highest BCUT2D eigenvalue weighted by molar-refractivity contribution is 5.84. The lowest BCUT2D eigenvalue weighted by Gasteiger charge is -2.28. The molecule has 114 valence electrons. The lowest BCUT2D eigenvalue weighted by molar-refractivity contribution is 0.362. The van der Waals surface area contributed by atoms with Crippen molar-refractivity contribution in [1.82, 2.24) is 19.9 Å². The summed E-state index contributed by atoms with van der Waals surface area (Å²) in [6.45, 7) is 3.90. The Labute approximate surface area is 125 Å². The number of anilines is 2. The zero-order valence-corrected chi connectivity index (χ0v) is 12.9. The second-order valence-corrected chi connectivity index (χ2v) is 5.89. The van der Waals surface area contributed by atoms with Gasteiger partial charge in [-0.15, -0.1) is 0 Å². The number of aromatic amines is 1. The summed E-state index contributed by atoms with van der Waals surface area (Å²) >= 11 is 0. The van der Waals surface area contributed by atoms with E-state index in [1.165, 1.54) is 32.1 Å². The molecule has 0 atom stereocenters. The number of hydrogen-bond acceptors (Lipinski definition) is 5. The predicted octanol–water partition coefficient (Wildman–Crippen LogP) is 2.80. The predicted molar refractivity (Wildman–Crippen MR) is 85.7 cm³/mol. The van der Waals surface area contributed by atoms with Crippen molar-refractivity contribution in [3.05, 3.63) is 6.33 Å². The van der Waals surface area contributed by atoms with Crippen LogP contribution in [0.5, 0.6) is 0 Å². The van der Waals surface area contributed by atoms with E-state index in [2.05, 4.69) is 37.2 Å². The number of aromatic nitrogens is 4. The first-order valence-electron chi connectivity index (χ1n) is 7.94. The summed E-state index contributed by atoms with van der Waals surface area (Å²) in [5.74, 6) is 2.38. The second-order valence-electron chi connectivity index (χ2n) is 5.89. The Morgan fingerprint density at radius 1 is 1.29 bits per heavy atom.